The third-order valence-corrected chi connectivity index (χ3v) is 6.55. The van der Waals surface area contributed by atoms with Gasteiger partial charge in [-0.25, -0.2) is 0 Å². The van der Waals surface area contributed by atoms with Crippen molar-refractivity contribution in [2.24, 2.45) is 17.8 Å². The van der Waals surface area contributed by atoms with Crippen LogP contribution in [0.2, 0.25) is 0 Å². The van der Waals surface area contributed by atoms with E-state index in [4.69, 9.17) is 0 Å². The number of hydrogen-bond donors (Lipinski definition) is 0. The molecule has 0 N–H and O–H groups in total. The predicted octanol–water partition coefficient (Wildman–Crippen LogP) is 6.08. The minimum absolute atomic E-state index is 0.0212. The van der Waals surface area contributed by atoms with E-state index in [0.29, 0.717) is 17.8 Å². The molecular weight excluding hydrogens is 300 g/mol. The van der Waals surface area contributed by atoms with Gasteiger partial charge in [-0.3, -0.25) is 0 Å². The topological polar surface area (TPSA) is 0 Å². The highest BCUT2D eigenvalue weighted by Crippen LogP contribution is 2.63. The van der Waals surface area contributed by atoms with E-state index in [9.17, 15) is 0 Å². The quantitative estimate of drug-likeness (QED) is 0.619. The number of fused-ring (bicyclic) bond motifs is 3. The van der Waals surface area contributed by atoms with Gasteiger partial charge in [0, 0.05) is 11.3 Å². The molecule has 0 amide bonds. The molecule has 0 aromatic heterocycles. The fourth-order valence-electron chi connectivity index (χ4n) is 5.65. The zero-order chi connectivity index (χ0) is 16.7. The lowest BCUT2D eigenvalue weighted by Gasteiger charge is -2.41. The molecule has 0 heteroatoms. The van der Waals surface area contributed by atoms with Crippen molar-refractivity contribution < 1.29 is 0 Å². The van der Waals surface area contributed by atoms with E-state index in [1.54, 1.807) is 11.1 Å². The average Bonchev–Trinajstić information content (AvgIpc) is 3.01. The highest BCUT2D eigenvalue weighted by molar-refractivity contribution is 5.58. The van der Waals surface area contributed by atoms with E-state index < -0.39 is 0 Å². The van der Waals surface area contributed by atoms with Gasteiger partial charge in [0.15, 0.2) is 0 Å². The van der Waals surface area contributed by atoms with Crippen molar-refractivity contribution in [3.8, 4) is 0 Å². The minimum atomic E-state index is 0.0212. The third kappa shape index (κ3) is 2.07. The molecule has 0 bridgehead atoms. The maximum atomic E-state index is 2.48. The molecule has 4 aliphatic rings. The standard InChI is InChI=1S/C25H24/c1-3-11-19(12-4-1)25(20-13-5-2-6-14-20)23-17-9-7-15-21(23)22-16-8-10-18-24(22)25/h1-5,7-13,15,17-18,21-23H,6,14,16H2. The van der Waals surface area contributed by atoms with Gasteiger partial charge in [-0.2, -0.15) is 0 Å². The van der Waals surface area contributed by atoms with Crippen molar-refractivity contribution in [1.82, 2.24) is 0 Å². The van der Waals surface area contributed by atoms with Crippen LogP contribution in [0, 0.1) is 17.8 Å². The summed E-state index contributed by atoms with van der Waals surface area (Å²) in [5.74, 6) is 1.75. The van der Waals surface area contributed by atoms with Gasteiger partial charge in [0.2, 0.25) is 0 Å². The summed E-state index contributed by atoms with van der Waals surface area (Å²) in [5.41, 5.74) is 4.72. The lowest BCUT2D eigenvalue weighted by Crippen LogP contribution is -2.36. The third-order valence-electron chi connectivity index (χ3n) is 6.55. The summed E-state index contributed by atoms with van der Waals surface area (Å²) >= 11 is 0. The Morgan fingerprint density at radius 3 is 2.52 bits per heavy atom. The Morgan fingerprint density at radius 2 is 1.68 bits per heavy atom. The van der Waals surface area contributed by atoms with Gasteiger partial charge in [0.05, 0.1) is 0 Å². The van der Waals surface area contributed by atoms with Crippen LogP contribution >= 0.6 is 0 Å². The summed E-state index contributed by atoms with van der Waals surface area (Å²) in [5, 5.41) is 0. The predicted molar refractivity (Wildman–Crippen MR) is 105 cm³/mol. The first-order valence-corrected chi connectivity index (χ1v) is 9.56. The average molecular weight is 324 g/mol. The Balaban J connectivity index is 1.82. The fourth-order valence-corrected chi connectivity index (χ4v) is 5.65. The van der Waals surface area contributed by atoms with E-state index in [-0.39, 0.29) is 5.41 Å². The first-order valence-electron chi connectivity index (χ1n) is 9.56. The molecule has 0 heterocycles. The molecule has 4 unspecified atom stereocenters. The van der Waals surface area contributed by atoms with Gasteiger partial charge < -0.3 is 0 Å². The molecule has 0 spiro atoms. The fraction of sp³-hybridized carbons (Fsp3) is 0.280. The van der Waals surface area contributed by atoms with Crippen LogP contribution in [0.25, 0.3) is 0 Å². The first kappa shape index (κ1) is 15.0. The molecule has 0 saturated heterocycles. The minimum Gasteiger partial charge on any atom is -0.0842 e. The molecule has 25 heavy (non-hydrogen) atoms. The molecule has 1 fully saturated rings. The summed E-state index contributed by atoms with van der Waals surface area (Å²) in [6.45, 7) is 0. The molecule has 4 atom stereocenters. The Kier molecular flexibility index (Phi) is 3.52. The van der Waals surface area contributed by atoms with E-state index in [2.05, 4.69) is 91.1 Å². The normalized spacial score (nSPS) is 35.1. The molecule has 0 nitrogen and oxygen atoms in total. The van der Waals surface area contributed by atoms with Crippen molar-refractivity contribution >= 4 is 0 Å². The monoisotopic (exact) mass is 324 g/mol. The first-order chi connectivity index (χ1) is 12.4. The van der Waals surface area contributed by atoms with E-state index in [1.165, 1.54) is 18.4 Å². The van der Waals surface area contributed by atoms with Gasteiger partial charge >= 0.3 is 0 Å². The second-order valence-electron chi connectivity index (χ2n) is 7.60. The second-order valence-corrected chi connectivity index (χ2v) is 7.60. The van der Waals surface area contributed by atoms with Crippen LogP contribution in [0.4, 0.5) is 0 Å². The number of rotatable bonds is 2. The van der Waals surface area contributed by atoms with Gasteiger partial charge in [0.1, 0.15) is 0 Å². The lowest BCUT2D eigenvalue weighted by atomic mass is 9.61. The van der Waals surface area contributed by atoms with Gasteiger partial charge in [-0.1, -0.05) is 102 Å². The Morgan fingerprint density at radius 1 is 0.840 bits per heavy atom. The van der Waals surface area contributed by atoms with E-state index in [0.717, 1.165) is 6.42 Å². The molecule has 5 rings (SSSR count). The maximum absolute atomic E-state index is 2.48. The molecular formula is C25H24. The second kappa shape index (κ2) is 5.88. The Bertz CT molecular complexity index is 843. The van der Waals surface area contributed by atoms with Crippen LogP contribution in [-0.2, 0) is 5.41 Å². The van der Waals surface area contributed by atoms with Gasteiger partial charge in [-0.05, 0) is 36.7 Å². The smallest absolute Gasteiger partial charge is 0.0448 e. The molecule has 1 aromatic carbocycles. The molecule has 4 aliphatic carbocycles. The highest BCUT2D eigenvalue weighted by atomic mass is 14.6. The largest absolute Gasteiger partial charge is 0.0842 e. The zero-order valence-corrected chi connectivity index (χ0v) is 14.5. The van der Waals surface area contributed by atoms with Crippen LogP contribution in [0.15, 0.2) is 102 Å². The SMILES string of the molecule is C1=CCCC(C2(c3ccccc3)C3=CC=CCC3C3C=CC=CC32)=C1. The van der Waals surface area contributed by atoms with E-state index in [1.807, 2.05) is 0 Å². The van der Waals surface area contributed by atoms with Crippen LogP contribution < -0.4 is 0 Å². The summed E-state index contributed by atoms with van der Waals surface area (Å²) < 4.78 is 0. The van der Waals surface area contributed by atoms with Crippen LogP contribution in [0.5, 0.6) is 0 Å². The number of hydrogen-bond acceptors (Lipinski definition) is 0. The summed E-state index contributed by atoms with van der Waals surface area (Å²) in [6.07, 6.45) is 27.0. The number of benzene rings is 1. The molecule has 0 aliphatic heterocycles. The maximum Gasteiger partial charge on any atom is 0.0448 e. The van der Waals surface area contributed by atoms with Crippen molar-refractivity contribution in [2.75, 3.05) is 0 Å². The molecule has 124 valence electrons. The molecule has 0 radical (unpaired) electrons. The van der Waals surface area contributed by atoms with Gasteiger partial charge in [0.25, 0.3) is 0 Å². The highest BCUT2D eigenvalue weighted by Gasteiger charge is 2.57. The Labute approximate surface area is 150 Å². The summed E-state index contributed by atoms with van der Waals surface area (Å²) in [6, 6.07) is 11.3. The van der Waals surface area contributed by atoms with Crippen molar-refractivity contribution in [1.29, 1.82) is 0 Å². The van der Waals surface area contributed by atoms with Gasteiger partial charge in [-0.15, -0.1) is 0 Å². The molecule has 1 aromatic rings. The number of allylic oxidation sites excluding steroid dienone is 12. The van der Waals surface area contributed by atoms with E-state index >= 15 is 0 Å². The summed E-state index contributed by atoms with van der Waals surface area (Å²) in [7, 11) is 0. The van der Waals surface area contributed by atoms with Crippen LogP contribution in [0.1, 0.15) is 24.8 Å². The van der Waals surface area contributed by atoms with Crippen molar-refractivity contribution in [3.05, 3.63) is 108 Å². The van der Waals surface area contributed by atoms with Crippen molar-refractivity contribution in [3.63, 3.8) is 0 Å². The Hall–Kier alpha value is -2.34. The molecule has 1 saturated carbocycles. The van der Waals surface area contributed by atoms with Crippen LogP contribution in [0.3, 0.4) is 0 Å². The summed E-state index contributed by atoms with van der Waals surface area (Å²) in [4.78, 5) is 0. The zero-order valence-electron chi connectivity index (χ0n) is 14.5. The van der Waals surface area contributed by atoms with Crippen molar-refractivity contribution in [2.45, 2.75) is 24.7 Å². The van der Waals surface area contributed by atoms with Crippen LogP contribution in [-0.4, -0.2) is 0 Å². The lowest BCUT2D eigenvalue weighted by molar-refractivity contribution is 0.386.